The van der Waals surface area contributed by atoms with Crippen molar-refractivity contribution in [1.82, 2.24) is 0 Å². The van der Waals surface area contributed by atoms with E-state index in [-0.39, 0.29) is 6.61 Å². The fourth-order valence-corrected chi connectivity index (χ4v) is 3.02. The molecule has 0 aromatic heterocycles. The molecule has 0 unspecified atom stereocenters. The Kier molecular flexibility index (Phi) is 18.9. The molecule has 0 rings (SSSR count). The van der Waals surface area contributed by atoms with E-state index >= 15 is 0 Å². The Morgan fingerprint density at radius 3 is 1.18 bits per heavy atom. The zero-order valence-electron chi connectivity index (χ0n) is 15.2. The summed E-state index contributed by atoms with van der Waals surface area (Å²) in [5.74, 6) is 0. The summed E-state index contributed by atoms with van der Waals surface area (Å²) in [5, 5.41) is 17.9. The molecule has 22 heavy (non-hydrogen) atoms. The van der Waals surface area contributed by atoms with Crippen molar-refractivity contribution in [1.29, 1.82) is 0 Å². The van der Waals surface area contributed by atoms with Crippen LogP contribution in [0.1, 0.15) is 116 Å². The van der Waals surface area contributed by atoms with Gasteiger partial charge in [0.2, 0.25) is 0 Å². The van der Waals surface area contributed by atoms with Crippen molar-refractivity contribution in [3.05, 3.63) is 0 Å². The minimum Gasteiger partial charge on any atom is -0.394 e. The summed E-state index contributed by atoms with van der Waals surface area (Å²) in [6.45, 7) is 2.19. The first-order valence-electron chi connectivity index (χ1n) is 10.1. The molecule has 2 heteroatoms. The summed E-state index contributed by atoms with van der Waals surface area (Å²) in [4.78, 5) is 0. The molecule has 0 aliphatic rings. The minimum atomic E-state index is -0.494. The van der Waals surface area contributed by atoms with Gasteiger partial charge in [0, 0.05) is 0 Å². The summed E-state index contributed by atoms with van der Waals surface area (Å²) in [6.07, 6.45) is 22.2. The minimum absolute atomic E-state index is 0.0846. The van der Waals surface area contributed by atoms with E-state index in [0.29, 0.717) is 0 Å². The normalized spacial score (nSPS) is 12.7. The van der Waals surface area contributed by atoms with Gasteiger partial charge < -0.3 is 10.2 Å². The summed E-state index contributed by atoms with van der Waals surface area (Å²) in [6, 6.07) is 0. The van der Waals surface area contributed by atoms with Crippen molar-refractivity contribution >= 4 is 0 Å². The molecule has 0 saturated carbocycles. The molecule has 0 aliphatic carbocycles. The number of aliphatic hydroxyl groups excluding tert-OH is 2. The van der Waals surface area contributed by atoms with Crippen LogP contribution in [0, 0.1) is 0 Å². The number of unbranched alkanes of at least 4 members (excludes halogenated alkanes) is 15. The lowest BCUT2D eigenvalue weighted by Gasteiger charge is -2.06. The lowest BCUT2D eigenvalue weighted by Crippen LogP contribution is -2.10. The van der Waals surface area contributed by atoms with Crippen molar-refractivity contribution in [3.63, 3.8) is 0 Å². The summed E-state index contributed by atoms with van der Waals surface area (Å²) in [7, 11) is 0. The highest BCUT2D eigenvalue weighted by molar-refractivity contribution is 4.54. The predicted octanol–water partition coefficient (Wildman–Crippen LogP) is 5.99. The molecule has 0 saturated heterocycles. The molecular formula is C20H42O2. The third-order valence-electron chi connectivity index (χ3n) is 4.60. The Hall–Kier alpha value is -0.0800. The van der Waals surface area contributed by atoms with Gasteiger partial charge in [0.05, 0.1) is 12.7 Å². The van der Waals surface area contributed by atoms with E-state index in [9.17, 15) is 5.11 Å². The summed E-state index contributed by atoms with van der Waals surface area (Å²) in [5.41, 5.74) is 0. The standard InChI is InChI=1S/C20H42O2/c1-2-3-4-5-6-7-8-9-10-11-12-13-14-15-16-17-18-20(22)19-21/h20-22H,2-19H2,1H3/t20-/m0/s1. The molecule has 0 spiro atoms. The SMILES string of the molecule is CCCCCCCCCCCCCCCCCC[C@H](O)CO. The molecular weight excluding hydrogens is 272 g/mol. The lowest BCUT2D eigenvalue weighted by atomic mass is 10.0. The van der Waals surface area contributed by atoms with E-state index in [0.717, 1.165) is 12.8 Å². The third kappa shape index (κ3) is 18.0. The molecule has 134 valence electrons. The Labute approximate surface area is 139 Å². The Balaban J connectivity index is 2.97. The zero-order valence-corrected chi connectivity index (χ0v) is 15.2. The summed E-state index contributed by atoms with van der Waals surface area (Å²) >= 11 is 0. The maximum Gasteiger partial charge on any atom is 0.0770 e. The fraction of sp³-hybridized carbons (Fsp3) is 1.00. The van der Waals surface area contributed by atoms with Crippen molar-refractivity contribution in [2.75, 3.05) is 6.61 Å². The van der Waals surface area contributed by atoms with Crippen molar-refractivity contribution in [2.45, 2.75) is 122 Å². The molecule has 0 radical (unpaired) electrons. The molecule has 0 fully saturated rings. The zero-order chi connectivity index (χ0) is 16.3. The van der Waals surface area contributed by atoms with Gasteiger partial charge in [0.25, 0.3) is 0 Å². The van der Waals surface area contributed by atoms with Crippen LogP contribution in [-0.2, 0) is 0 Å². The van der Waals surface area contributed by atoms with Gasteiger partial charge in [-0.2, -0.15) is 0 Å². The number of aliphatic hydroxyl groups is 2. The molecule has 2 nitrogen and oxygen atoms in total. The van der Waals surface area contributed by atoms with E-state index in [1.807, 2.05) is 0 Å². The van der Waals surface area contributed by atoms with E-state index in [1.165, 1.54) is 96.3 Å². The number of hydrogen-bond acceptors (Lipinski definition) is 2. The average Bonchev–Trinajstić information content (AvgIpc) is 2.54. The van der Waals surface area contributed by atoms with Gasteiger partial charge in [0.15, 0.2) is 0 Å². The second kappa shape index (κ2) is 19.0. The van der Waals surface area contributed by atoms with Gasteiger partial charge in [-0.15, -0.1) is 0 Å². The molecule has 0 heterocycles. The molecule has 0 amide bonds. The van der Waals surface area contributed by atoms with Gasteiger partial charge >= 0.3 is 0 Å². The Bertz CT molecular complexity index is 194. The van der Waals surface area contributed by atoms with Crippen LogP contribution < -0.4 is 0 Å². The largest absolute Gasteiger partial charge is 0.394 e. The second-order valence-corrected chi connectivity index (χ2v) is 6.93. The second-order valence-electron chi connectivity index (χ2n) is 6.93. The van der Waals surface area contributed by atoms with E-state index in [2.05, 4.69) is 6.92 Å². The first-order chi connectivity index (χ1) is 10.8. The Morgan fingerprint density at radius 1 is 0.545 bits per heavy atom. The van der Waals surface area contributed by atoms with Gasteiger partial charge in [-0.05, 0) is 6.42 Å². The molecule has 0 aromatic carbocycles. The monoisotopic (exact) mass is 314 g/mol. The smallest absolute Gasteiger partial charge is 0.0770 e. The van der Waals surface area contributed by atoms with Crippen molar-refractivity contribution in [2.24, 2.45) is 0 Å². The van der Waals surface area contributed by atoms with E-state index in [1.54, 1.807) is 0 Å². The van der Waals surface area contributed by atoms with Gasteiger partial charge in [0.1, 0.15) is 0 Å². The topological polar surface area (TPSA) is 40.5 Å². The van der Waals surface area contributed by atoms with Gasteiger partial charge in [-0.3, -0.25) is 0 Å². The van der Waals surface area contributed by atoms with E-state index in [4.69, 9.17) is 5.11 Å². The predicted molar refractivity (Wildman–Crippen MR) is 97.3 cm³/mol. The highest BCUT2D eigenvalue weighted by Crippen LogP contribution is 2.14. The van der Waals surface area contributed by atoms with E-state index < -0.39 is 6.10 Å². The van der Waals surface area contributed by atoms with Crippen LogP contribution in [0.3, 0.4) is 0 Å². The van der Waals surface area contributed by atoms with Crippen LogP contribution in [0.25, 0.3) is 0 Å². The van der Waals surface area contributed by atoms with Gasteiger partial charge in [-0.1, -0.05) is 110 Å². The van der Waals surface area contributed by atoms with Crippen LogP contribution in [0.2, 0.25) is 0 Å². The van der Waals surface area contributed by atoms with Crippen LogP contribution >= 0.6 is 0 Å². The highest BCUT2D eigenvalue weighted by atomic mass is 16.3. The van der Waals surface area contributed by atoms with Crippen molar-refractivity contribution < 1.29 is 10.2 Å². The molecule has 0 aliphatic heterocycles. The van der Waals surface area contributed by atoms with Gasteiger partial charge in [-0.25, -0.2) is 0 Å². The number of rotatable bonds is 18. The quantitative estimate of drug-likeness (QED) is 0.305. The molecule has 2 N–H and O–H groups in total. The molecule has 0 aromatic rings. The van der Waals surface area contributed by atoms with Crippen LogP contribution in [0.15, 0.2) is 0 Å². The molecule has 0 bridgehead atoms. The summed E-state index contributed by atoms with van der Waals surface area (Å²) < 4.78 is 0. The fourth-order valence-electron chi connectivity index (χ4n) is 3.02. The lowest BCUT2D eigenvalue weighted by molar-refractivity contribution is 0.0860. The highest BCUT2D eigenvalue weighted by Gasteiger charge is 2.00. The van der Waals surface area contributed by atoms with Crippen LogP contribution in [0.5, 0.6) is 0 Å². The van der Waals surface area contributed by atoms with Crippen molar-refractivity contribution in [3.8, 4) is 0 Å². The van der Waals surface area contributed by atoms with Crippen LogP contribution in [0.4, 0.5) is 0 Å². The number of hydrogen-bond donors (Lipinski definition) is 2. The van der Waals surface area contributed by atoms with Crippen LogP contribution in [-0.4, -0.2) is 22.9 Å². The third-order valence-corrected chi connectivity index (χ3v) is 4.60. The first kappa shape index (κ1) is 21.9. The average molecular weight is 315 g/mol. The maximum atomic E-state index is 9.22. The maximum absolute atomic E-state index is 9.22. The Morgan fingerprint density at radius 2 is 0.864 bits per heavy atom. The first-order valence-corrected chi connectivity index (χ1v) is 10.1. The molecule has 1 atom stereocenters.